The number of amides is 1. The van der Waals surface area contributed by atoms with E-state index in [2.05, 4.69) is 63.4 Å². The minimum atomic E-state index is 0.0879. The van der Waals surface area contributed by atoms with Crippen LogP contribution in [0.15, 0.2) is 53.0 Å². The van der Waals surface area contributed by atoms with Gasteiger partial charge in [0.15, 0.2) is 0 Å². The van der Waals surface area contributed by atoms with Crippen molar-refractivity contribution in [1.29, 1.82) is 0 Å². The molecule has 0 bridgehead atoms. The molecule has 3 rings (SSSR count). The van der Waals surface area contributed by atoms with E-state index in [4.69, 9.17) is 0 Å². The van der Waals surface area contributed by atoms with E-state index in [9.17, 15) is 4.79 Å². The monoisotopic (exact) mass is 400 g/mol. The van der Waals surface area contributed by atoms with Crippen LogP contribution in [0, 0.1) is 12.8 Å². The first-order valence-corrected chi connectivity index (χ1v) is 9.70. The van der Waals surface area contributed by atoms with Crippen LogP contribution < -0.4 is 5.32 Å². The lowest BCUT2D eigenvalue weighted by Gasteiger charge is -2.32. The zero-order chi connectivity index (χ0) is 17.6. The normalized spacial score (nSPS) is 18.1. The minimum absolute atomic E-state index is 0.0879. The number of nitrogens with zero attached hydrogens (tertiary/aromatic N) is 1. The molecule has 4 heteroatoms. The van der Waals surface area contributed by atoms with Crippen LogP contribution in [0.5, 0.6) is 0 Å². The van der Waals surface area contributed by atoms with Gasteiger partial charge in [-0.3, -0.25) is 9.69 Å². The molecule has 0 saturated carbocycles. The molecule has 1 aliphatic rings. The molecule has 1 fully saturated rings. The number of likely N-dealkylation sites (tertiary alicyclic amines) is 1. The zero-order valence-electron chi connectivity index (χ0n) is 14.7. The molecule has 0 radical (unpaired) electrons. The summed E-state index contributed by atoms with van der Waals surface area (Å²) in [6.07, 6.45) is 2.06. The Morgan fingerprint density at radius 3 is 2.88 bits per heavy atom. The molecule has 1 heterocycles. The third-order valence-corrected chi connectivity index (χ3v) is 5.38. The molecule has 132 valence electrons. The Kier molecular flexibility index (Phi) is 6.27. The van der Waals surface area contributed by atoms with Gasteiger partial charge in [-0.2, -0.15) is 0 Å². The summed E-state index contributed by atoms with van der Waals surface area (Å²) in [7, 11) is 0. The first-order chi connectivity index (χ1) is 12.1. The maximum atomic E-state index is 12.6. The van der Waals surface area contributed by atoms with Crippen LogP contribution in [0.4, 0.5) is 0 Å². The standard InChI is InChI=1S/C21H25BrN2O/c1-16-6-2-3-8-18(16)13-23-21(25)19-9-5-11-24(15-19)14-17-7-4-10-20(22)12-17/h2-4,6-8,10,12,19H,5,9,11,13-15H2,1H3,(H,23,25). The Hall–Kier alpha value is -1.65. The Bertz CT molecular complexity index is 731. The number of aryl methyl sites for hydroxylation is 1. The molecule has 1 aliphatic heterocycles. The second-order valence-electron chi connectivity index (χ2n) is 6.85. The molecule has 3 nitrogen and oxygen atoms in total. The molecule has 2 aromatic carbocycles. The summed E-state index contributed by atoms with van der Waals surface area (Å²) < 4.78 is 1.11. The van der Waals surface area contributed by atoms with Gasteiger partial charge in [-0.05, 0) is 55.1 Å². The molecule has 0 spiro atoms. The lowest BCUT2D eigenvalue weighted by molar-refractivity contribution is -0.126. The molecule has 1 N–H and O–H groups in total. The third-order valence-electron chi connectivity index (χ3n) is 4.89. The van der Waals surface area contributed by atoms with E-state index in [0.717, 1.165) is 36.9 Å². The van der Waals surface area contributed by atoms with Crippen molar-refractivity contribution in [1.82, 2.24) is 10.2 Å². The Balaban J connectivity index is 1.53. The molecule has 1 amide bonds. The van der Waals surface area contributed by atoms with Crippen molar-refractivity contribution < 1.29 is 4.79 Å². The molecule has 2 aromatic rings. The van der Waals surface area contributed by atoms with Crippen molar-refractivity contribution in [3.8, 4) is 0 Å². The van der Waals surface area contributed by atoms with E-state index < -0.39 is 0 Å². The highest BCUT2D eigenvalue weighted by molar-refractivity contribution is 9.10. The fraction of sp³-hybridized carbons (Fsp3) is 0.381. The van der Waals surface area contributed by atoms with E-state index in [1.54, 1.807) is 0 Å². The largest absolute Gasteiger partial charge is 0.352 e. The molecular weight excluding hydrogens is 376 g/mol. The van der Waals surface area contributed by atoms with E-state index in [0.29, 0.717) is 6.54 Å². The molecule has 1 unspecified atom stereocenters. The van der Waals surface area contributed by atoms with Crippen LogP contribution >= 0.6 is 15.9 Å². The highest BCUT2D eigenvalue weighted by Crippen LogP contribution is 2.20. The van der Waals surface area contributed by atoms with Crippen molar-refractivity contribution in [2.75, 3.05) is 13.1 Å². The number of carbonyl (C=O) groups is 1. The summed E-state index contributed by atoms with van der Waals surface area (Å²) in [4.78, 5) is 15.0. The lowest BCUT2D eigenvalue weighted by Crippen LogP contribution is -2.42. The van der Waals surface area contributed by atoms with Gasteiger partial charge in [-0.1, -0.05) is 52.3 Å². The molecule has 1 atom stereocenters. The second kappa shape index (κ2) is 8.63. The Morgan fingerprint density at radius 2 is 2.08 bits per heavy atom. The number of halogens is 1. The maximum absolute atomic E-state index is 12.6. The van der Waals surface area contributed by atoms with Gasteiger partial charge in [0.25, 0.3) is 0 Å². The third kappa shape index (κ3) is 5.16. The van der Waals surface area contributed by atoms with Gasteiger partial charge < -0.3 is 5.32 Å². The average Bonchev–Trinajstić information content (AvgIpc) is 2.61. The quantitative estimate of drug-likeness (QED) is 0.811. The van der Waals surface area contributed by atoms with Crippen LogP contribution in [0.25, 0.3) is 0 Å². The van der Waals surface area contributed by atoms with E-state index in [1.807, 2.05) is 18.2 Å². The predicted molar refractivity (Wildman–Crippen MR) is 105 cm³/mol. The van der Waals surface area contributed by atoms with Crippen LogP contribution in [0.1, 0.15) is 29.5 Å². The topological polar surface area (TPSA) is 32.3 Å². The summed E-state index contributed by atoms with van der Waals surface area (Å²) in [5.41, 5.74) is 3.70. The van der Waals surface area contributed by atoms with Crippen molar-refractivity contribution >= 4 is 21.8 Å². The second-order valence-corrected chi connectivity index (χ2v) is 7.76. The van der Waals surface area contributed by atoms with Crippen molar-refractivity contribution in [3.63, 3.8) is 0 Å². The number of hydrogen-bond acceptors (Lipinski definition) is 2. The number of hydrogen-bond donors (Lipinski definition) is 1. The minimum Gasteiger partial charge on any atom is -0.352 e. The fourth-order valence-corrected chi connectivity index (χ4v) is 3.89. The highest BCUT2D eigenvalue weighted by atomic mass is 79.9. The molecule has 25 heavy (non-hydrogen) atoms. The Labute approximate surface area is 158 Å². The average molecular weight is 401 g/mol. The zero-order valence-corrected chi connectivity index (χ0v) is 16.3. The number of carbonyl (C=O) groups excluding carboxylic acids is 1. The fourth-order valence-electron chi connectivity index (χ4n) is 3.44. The van der Waals surface area contributed by atoms with Gasteiger partial charge in [0.1, 0.15) is 0 Å². The first kappa shape index (κ1) is 18.2. The van der Waals surface area contributed by atoms with Crippen LogP contribution in [-0.2, 0) is 17.9 Å². The molecule has 0 aliphatic carbocycles. The predicted octanol–water partition coefficient (Wildman–Crippen LogP) is 4.29. The van der Waals surface area contributed by atoms with Gasteiger partial charge in [0, 0.05) is 24.1 Å². The van der Waals surface area contributed by atoms with Gasteiger partial charge in [-0.25, -0.2) is 0 Å². The SMILES string of the molecule is Cc1ccccc1CNC(=O)C1CCCN(Cc2cccc(Br)c2)C1. The lowest BCUT2D eigenvalue weighted by atomic mass is 9.96. The van der Waals surface area contributed by atoms with Crippen molar-refractivity contribution in [3.05, 3.63) is 69.7 Å². The molecular formula is C21H25BrN2O. The smallest absolute Gasteiger partial charge is 0.224 e. The summed E-state index contributed by atoms with van der Waals surface area (Å²) in [5.74, 6) is 0.270. The number of benzene rings is 2. The maximum Gasteiger partial charge on any atom is 0.224 e. The van der Waals surface area contributed by atoms with E-state index >= 15 is 0 Å². The van der Waals surface area contributed by atoms with Gasteiger partial charge in [-0.15, -0.1) is 0 Å². The summed E-state index contributed by atoms with van der Waals surface area (Å²) in [6, 6.07) is 16.6. The van der Waals surface area contributed by atoms with E-state index in [-0.39, 0.29) is 11.8 Å². The van der Waals surface area contributed by atoms with Crippen LogP contribution in [0.3, 0.4) is 0 Å². The van der Waals surface area contributed by atoms with Crippen LogP contribution in [-0.4, -0.2) is 23.9 Å². The number of piperidine rings is 1. The molecule has 1 saturated heterocycles. The van der Waals surface area contributed by atoms with E-state index in [1.165, 1.54) is 16.7 Å². The van der Waals surface area contributed by atoms with Crippen molar-refractivity contribution in [2.45, 2.75) is 32.9 Å². The van der Waals surface area contributed by atoms with Gasteiger partial charge >= 0.3 is 0 Å². The molecule has 0 aromatic heterocycles. The highest BCUT2D eigenvalue weighted by Gasteiger charge is 2.25. The summed E-state index contributed by atoms with van der Waals surface area (Å²) in [6.45, 7) is 5.51. The van der Waals surface area contributed by atoms with Crippen LogP contribution in [0.2, 0.25) is 0 Å². The Morgan fingerprint density at radius 1 is 1.24 bits per heavy atom. The number of rotatable bonds is 5. The summed E-state index contributed by atoms with van der Waals surface area (Å²) >= 11 is 3.53. The number of nitrogens with one attached hydrogen (secondary N) is 1. The first-order valence-electron chi connectivity index (χ1n) is 8.91. The van der Waals surface area contributed by atoms with Gasteiger partial charge in [0.2, 0.25) is 5.91 Å². The van der Waals surface area contributed by atoms with Gasteiger partial charge in [0.05, 0.1) is 5.92 Å². The summed E-state index contributed by atoms with van der Waals surface area (Å²) in [5, 5.41) is 3.13. The van der Waals surface area contributed by atoms with Crippen molar-refractivity contribution in [2.24, 2.45) is 5.92 Å².